The van der Waals surface area contributed by atoms with E-state index < -0.39 is 0 Å². The molecule has 1 aliphatic heterocycles. The standard InChI is InChI=1S/C29H32N6O2S/c1-20-16-27-24(19-26(20)32-28(36)18-23-8-5-15-38-23)25(33-34-27)10-9-21-6-4-7-22(17-21)31-29(37)30-11-14-35-12-2-3-13-35/h4-10,15-17,19H,2-3,11-14,18H2,1H3,(H,32,36)(H,33,34)(H2,30,31,37). The molecule has 1 aliphatic rings. The molecule has 0 radical (unpaired) electrons. The summed E-state index contributed by atoms with van der Waals surface area (Å²) in [5.41, 5.74) is 5.08. The summed E-state index contributed by atoms with van der Waals surface area (Å²) in [6, 6.07) is 15.3. The lowest BCUT2D eigenvalue weighted by molar-refractivity contribution is -0.115. The summed E-state index contributed by atoms with van der Waals surface area (Å²) in [4.78, 5) is 28.3. The fourth-order valence-electron chi connectivity index (χ4n) is 4.62. The number of likely N-dealkylation sites (tertiary alicyclic amines) is 1. The molecule has 196 valence electrons. The van der Waals surface area contributed by atoms with Crippen molar-refractivity contribution in [2.45, 2.75) is 26.2 Å². The Hall–Kier alpha value is -3.95. The highest BCUT2D eigenvalue weighted by Gasteiger charge is 2.12. The summed E-state index contributed by atoms with van der Waals surface area (Å²) < 4.78 is 0. The van der Waals surface area contributed by atoms with Crippen molar-refractivity contribution in [3.8, 4) is 0 Å². The molecule has 38 heavy (non-hydrogen) atoms. The highest BCUT2D eigenvalue weighted by molar-refractivity contribution is 7.10. The van der Waals surface area contributed by atoms with Crippen LogP contribution in [0.5, 0.6) is 0 Å². The molecule has 5 rings (SSSR count). The molecule has 2 aromatic carbocycles. The number of fused-ring (bicyclic) bond motifs is 1. The SMILES string of the molecule is Cc1cc2[nH]nc(C=Cc3cccc(NC(=O)NCCN4CCCC4)c3)c2cc1NC(=O)Cc1cccs1. The zero-order chi connectivity index (χ0) is 26.3. The lowest BCUT2D eigenvalue weighted by Crippen LogP contribution is -2.35. The van der Waals surface area contributed by atoms with Crippen LogP contribution in [0.15, 0.2) is 53.9 Å². The fourth-order valence-corrected chi connectivity index (χ4v) is 5.33. The molecule has 2 aromatic heterocycles. The topological polar surface area (TPSA) is 102 Å². The minimum absolute atomic E-state index is 0.0418. The Balaban J connectivity index is 1.22. The van der Waals surface area contributed by atoms with Gasteiger partial charge in [-0.15, -0.1) is 11.3 Å². The molecular formula is C29H32N6O2S. The molecule has 0 saturated carbocycles. The Kier molecular flexibility index (Phi) is 8.15. The Labute approximate surface area is 226 Å². The summed E-state index contributed by atoms with van der Waals surface area (Å²) in [6.45, 7) is 5.72. The second kappa shape index (κ2) is 12.1. The zero-order valence-electron chi connectivity index (χ0n) is 21.4. The fraction of sp³-hybridized carbons (Fsp3) is 0.276. The number of aryl methyl sites for hydroxylation is 1. The molecule has 1 saturated heterocycles. The summed E-state index contributed by atoms with van der Waals surface area (Å²) in [5.74, 6) is -0.0418. The number of nitrogens with one attached hydrogen (secondary N) is 4. The summed E-state index contributed by atoms with van der Waals surface area (Å²) in [5, 5.41) is 19.3. The first-order chi connectivity index (χ1) is 18.5. The van der Waals surface area contributed by atoms with Crippen LogP contribution in [0, 0.1) is 6.92 Å². The average molecular weight is 529 g/mol. The van der Waals surface area contributed by atoms with E-state index in [9.17, 15) is 9.59 Å². The number of hydrogen-bond acceptors (Lipinski definition) is 5. The number of hydrogen-bond donors (Lipinski definition) is 4. The van der Waals surface area contributed by atoms with E-state index in [0.29, 0.717) is 13.0 Å². The van der Waals surface area contributed by atoms with Crippen LogP contribution in [0.25, 0.3) is 23.1 Å². The molecule has 0 unspecified atom stereocenters. The van der Waals surface area contributed by atoms with Crippen molar-refractivity contribution in [1.29, 1.82) is 0 Å². The normalized spacial score (nSPS) is 13.8. The van der Waals surface area contributed by atoms with Gasteiger partial charge in [0, 0.05) is 34.7 Å². The number of benzene rings is 2. The zero-order valence-corrected chi connectivity index (χ0v) is 22.2. The quantitative estimate of drug-likeness (QED) is 0.230. The average Bonchev–Trinajstić information content (AvgIpc) is 3.67. The number of carbonyl (C=O) groups is 2. The molecule has 3 heterocycles. The van der Waals surface area contributed by atoms with Gasteiger partial charge in [0.2, 0.25) is 5.91 Å². The predicted octanol–water partition coefficient (Wildman–Crippen LogP) is 5.50. The first-order valence-electron chi connectivity index (χ1n) is 12.9. The third kappa shape index (κ3) is 6.67. The van der Waals surface area contributed by atoms with E-state index in [0.717, 1.165) is 63.6 Å². The van der Waals surface area contributed by atoms with E-state index in [1.165, 1.54) is 12.8 Å². The van der Waals surface area contributed by atoms with Gasteiger partial charge in [0.25, 0.3) is 0 Å². The maximum Gasteiger partial charge on any atom is 0.319 e. The smallest absolute Gasteiger partial charge is 0.319 e. The molecule has 4 N–H and O–H groups in total. The lowest BCUT2D eigenvalue weighted by atomic mass is 10.1. The number of thiophene rings is 1. The summed E-state index contributed by atoms with van der Waals surface area (Å²) >= 11 is 1.58. The molecule has 0 atom stereocenters. The highest BCUT2D eigenvalue weighted by Crippen LogP contribution is 2.26. The van der Waals surface area contributed by atoms with Gasteiger partial charge in [0.1, 0.15) is 0 Å². The number of nitrogens with zero attached hydrogens (tertiary/aromatic N) is 2. The van der Waals surface area contributed by atoms with Gasteiger partial charge in [-0.05, 0) is 85.8 Å². The molecule has 4 aromatic rings. The number of anilines is 2. The van der Waals surface area contributed by atoms with E-state index in [1.807, 2.05) is 73.0 Å². The van der Waals surface area contributed by atoms with Crippen LogP contribution < -0.4 is 16.0 Å². The Morgan fingerprint density at radius 3 is 2.76 bits per heavy atom. The molecule has 3 amide bonds. The molecule has 9 heteroatoms. The Bertz CT molecular complexity index is 1440. The minimum Gasteiger partial charge on any atom is -0.337 e. The van der Waals surface area contributed by atoms with Crippen LogP contribution in [-0.2, 0) is 11.2 Å². The number of H-pyrrole nitrogens is 1. The summed E-state index contributed by atoms with van der Waals surface area (Å²) in [7, 11) is 0. The maximum absolute atomic E-state index is 12.6. The van der Waals surface area contributed by atoms with E-state index in [4.69, 9.17) is 0 Å². The summed E-state index contributed by atoms with van der Waals surface area (Å²) in [6.07, 6.45) is 6.73. The monoisotopic (exact) mass is 528 g/mol. The first-order valence-corrected chi connectivity index (χ1v) is 13.8. The van der Waals surface area contributed by atoms with Crippen LogP contribution in [-0.4, -0.2) is 53.2 Å². The molecule has 0 aliphatic carbocycles. The van der Waals surface area contributed by atoms with Crippen molar-refractivity contribution in [1.82, 2.24) is 20.4 Å². The second-order valence-electron chi connectivity index (χ2n) is 9.51. The van der Waals surface area contributed by atoms with Crippen molar-refractivity contribution in [2.24, 2.45) is 0 Å². The van der Waals surface area contributed by atoms with Crippen LogP contribution in [0.4, 0.5) is 16.2 Å². The predicted molar refractivity (Wildman–Crippen MR) is 156 cm³/mol. The minimum atomic E-state index is -0.201. The largest absolute Gasteiger partial charge is 0.337 e. The van der Waals surface area contributed by atoms with Crippen LogP contribution in [0.1, 0.15) is 34.5 Å². The molecule has 0 spiro atoms. The number of aromatic nitrogens is 2. The molecule has 1 fully saturated rings. The van der Waals surface area contributed by atoms with E-state index in [-0.39, 0.29) is 11.9 Å². The van der Waals surface area contributed by atoms with Crippen LogP contribution in [0.3, 0.4) is 0 Å². The number of aromatic amines is 1. The first kappa shape index (κ1) is 25.7. The van der Waals surface area contributed by atoms with Crippen molar-refractivity contribution < 1.29 is 9.59 Å². The third-order valence-electron chi connectivity index (χ3n) is 6.62. The second-order valence-corrected chi connectivity index (χ2v) is 10.5. The van der Waals surface area contributed by atoms with Gasteiger partial charge >= 0.3 is 6.03 Å². The number of amides is 3. The van der Waals surface area contributed by atoms with Crippen LogP contribution in [0.2, 0.25) is 0 Å². The number of urea groups is 1. The van der Waals surface area contributed by atoms with Gasteiger partial charge in [-0.1, -0.05) is 24.3 Å². The maximum atomic E-state index is 12.6. The van der Waals surface area contributed by atoms with Gasteiger partial charge in [-0.3, -0.25) is 9.89 Å². The van der Waals surface area contributed by atoms with E-state index >= 15 is 0 Å². The van der Waals surface area contributed by atoms with Crippen LogP contribution >= 0.6 is 11.3 Å². The third-order valence-corrected chi connectivity index (χ3v) is 7.49. The van der Waals surface area contributed by atoms with Gasteiger partial charge in [-0.25, -0.2) is 4.79 Å². The highest BCUT2D eigenvalue weighted by atomic mass is 32.1. The van der Waals surface area contributed by atoms with Crippen molar-refractivity contribution in [3.05, 3.63) is 75.6 Å². The van der Waals surface area contributed by atoms with Gasteiger partial charge in [0.15, 0.2) is 0 Å². The van der Waals surface area contributed by atoms with Gasteiger partial charge in [0.05, 0.1) is 17.6 Å². The van der Waals surface area contributed by atoms with Gasteiger partial charge < -0.3 is 20.9 Å². The number of carbonyl (C=O) groups excluding carboxylic acids is 2. The Morgan fingerprint density at radius 1 is 1.08 bits per heavy atom. The molecular weight excluding hydrogens is 496 g/mol. The van der Waals surface area contributed by atoms with Crippen molar-refractivity contribution in [2.75, 3.05) is 36.8 Å². The molecule has 0 bridgehead atoms. The van der Waals surface area contributed by atoms with Gasteiger partial charge in [-0.2, -0.15) is 5.10 Å². The van der Waals surface area contributed by atoms with E-state index in [1.54, 1.807) is 11.3 Å². The van der Waals surface area contributed by atoms with E-state index in [2.05, 4.69) is 31.0 Å². The number of rotatable bonds is 9. The lowest BCUT2D eigenvalue weighted by Gasteiger charge is -2.15. The van der Waals surface area contributed by atoms with Crippen molar-refractivity contribution >= 4 is 57.7 Å². The Morgan fingerprint density at radius 2 is 1.95 bits per heavy atom. The molecule has 8 nitrogen and oxygen atoms in total. The van der Waals surface area contributed by atoms with Crippen molar-refractivity contribution in [3.63, 3.8) is 0 Å².